The second-order valence-electron chi connectivity index (χ2n) is 8.40. The lowest BCUT2D eigenvalue weighted by Gasteiger charge is -2.35. The molecule has 1 aliphatic heterocycles. The van der Waals surface area contributed by atoms with Crippen molar-refractivity contribution in [3.8, 4) is 0 Å². The van der Waals surface area contributed by atoms with Gasteiger partial charge in [0.05, 0.1) is 4.90 Å². The van der Waals surface area contributed by atoms with E-state index < -0.39 is 15.8 Å². The zero-order valence-electron chi connectivity index (χ0n) is 18.2. The van der Waals surface area contributed by atoms with Crippen LogP contribution in [0.2, 0.25) is 0 Å². The van der Waals surface area contributed by atoms with Crippen molar-refractivity contribution < 1.29 is 17.6 Å². The Kier molecular flexibility index (Phi) is 7.33. The van der Waals surface area contributed by atoms with Crippen LogP contribution in [-0.2, 0) is 10.0 Å². The third-order valence-corrected chi connectivity index (χ3v) is 7.04. The number of piperidine rings is 1. The summed E-state index contributed by atoms with van der Waals surface area (Å²) < 4.78 is 41.4. The van der Waals surface area contributed by atoms with Gasteiger partial charge in [0.1, 0.15) is 5.82 Å². The summed E-state index contributed by atoms with van der Waals surface area (Å²) in [5, 5.41) is 2.97. The highest BCUT2D eigenvalue weighted by Gasteiger charge is 2.22. The maximum Gasteiger partial charge on any atom is 0.261 e. The molecule has 3 rings (SSSR count). The van der Waals surface area contributed by atoms with Gasteiger partial charge in [0.15, 0.2) is 0 Å². The first kappa shape index (κ1) is 23.2. The third kappa shape index (κ3) is 6.04. The zero-order valence-corrected chi connectivity index (χ0v) is 19.0. The molecule has 2 aromatic rings. The third-order valence-electron chi connectivity index (χ3n) is 5.66. The number of halogens is 1. The number of likely N-dealkylation sites (tertiary alicyclic amines) is 1. The minimum absolute atomic E-state index is 0.169. The normalized spacial score (nSPS) is 17.5. The van der Waals surface area contributed by atoms with E-state index in [1.165, 1.54) is 18.2 Å². The van der Waals surface area contributed by atoms with E-state index in [2.05, 4.69) is 28.8 Å². The maximum absolute atomic E-state index is 13.8. The van der Waals surface area contributed by atoms with Crippen molar-refractivity contribution >= 4 is 21.6 Å². The van der Waals surface area contributed by atoms with Gasteiger partial charge in [-0.3, -0.25) is 9.52 Å². The number of hydrogen-bond acceptors (Lipinski definition) is 4. The Morgan fingerprint density at radius 1 is 1.23 bits per heavy atom. The van der Waals surface area contributed by atoms with Crippen molar-refractivity contribution in [1.29, 1.82) is 0 Å². The molecule has 168 valence electrons. The molecule has 0 bridgehead atoms. The van der Waals surface area contributed by atoms with Crippen LogP contribution in [0.1, 0.15) is 42.6 Å². The molecule has 1 fully saturated rings. The van der Waals surface area contributed by atoms with Crippen molar-refractivity contribution in [3.63, 3.8) is 0 Å². The number of nitrogens with zero attached hydrogens (tertiary/aromatic N) is 1. The number of anilines is 1. The lowest BCUT2D eigenvalue weighted by Crippen LogP contribution is -2.43. The standard InChI is InChI=1S/C23H30FN3O3S/c1-16(2)27-11-5-6-18(15-27)14-25-23(28)19-7-4-8-20(12-19)26-31(29,30)21-10-9-17(3)22(24)13-21/h4,7-10,12-13,16,18,26H,5-6,11,14-15H2,1-3H3,(H,25,28). The predicted octanol–water partition coefficient (Wildman–Crippen LogP) is 3.79. The van der Waals surface area contributed by atoms with Gasteiger partial charge in [-0.25, -0.2) is 12.8 Å². The summed E-state index contributed by atoms with van der Waals surface area (Å²) in [5.74, 6) is -0.433. The minimum atomic E-state index is -3.97. The highest BCUT2D eigenvalue weighted by Crippen LogP contribution is 2.20. The summed E-state index contributed by atoms with van der Waals surface area (Å²) in [4.78, 5) is 14.9. The van der Waals surface area contributed by atoms with Gasteiger partial charge in [-0.2, -0.15) is 0 Å². The second kappa shape index (κ2) is 9.78. The largest absolute Gasteiger partial charge is 0.352 e. The van der Waals surface area contributed by atoms with Crippen LogP contribution < -0.4 is 10.0 Å². The van der Waals surface area contributed by atoms with E-state index in [4.69, 9.17) is 0 Å². The summed E-state index contributed by atoms with van der Waals surface area (Å²) in [6.45, 7) is 8.56. The summed E-state index contributed by atoms with van der Waals surface area (Å²) >= 11 is 0. The second-order valence-corrected chi connectivity index (χ2v) is 10.1. The van der Waals surface area contributed by atoms with E-state index in [0.717, 1.165) is 32.0 Å². The highest BCUT2D eigenvalue weighted by molar-refractivity contribution is 7.92. The quantitative estimate of drug-likeness (QED) is 0.677. The van der Waals surface area contributed by atoms with E-state index in [-0.39, 0.29) is 16.5 Å². The van der Waals surface area contributed by atoms with Crippen LogP contribution in [0.4, 0.5) is 10.1 Å². The first-order valence-corrected chi connectivity index (χ1v) is 12.1. The molecule has 0 radical (unpaired) electrons. The van der Waals surface area contributed by atoms with E-state index in [0.29, 0.717) is 29.6 Å². The van der Waals surface area contributed by atoms with Gasteiger partial charge in [-0.15, -0.1) is 0 Å². The number of rotatable bonds is 7. The maximum atomic E-state index is 13.8. The summed E-state index contributed by atoms with van der Waals surface area (Å²) in [5.41, 5.74) is 0.983. The molecule has 1 aliphatic rings. The molecule has 2 aromatic carbocycles. The Morgan fingerprint density at radius 2 is 2.00 bits per heavy atom. The lowest BCUT2D eigenvalue weighted by molar-refractivity contribution is 0.0922. The van der Waals surface area contributed by atoms with Gasteiger partial charge in [0.2, 0.25) is 0 Å². The first-order valence-electron chi connectivity index (χ1n) is 10.6. The Balaban J connectivity index is 1.64. The van der Waals surface area contributed by atoms with Gasteiger partial charge >= 0.3 is 0 Å². The fraction of sp³-hybridized carbons (Fsp3) is 0.435. The molecular weight excluding hydrogens is 417 g/mol. The average Bonchev–Trinajstić information content (AvgIpc) is 2.74. The van der Waals surface area contributed by atoms with Crippen LogP contribution in [-0.4, -0.2) is 44.9 Å². The zero-order chi connectivity index (χ0) is 22.6. The van der Waals surface area contributed by atoms with Crippen molar-refractivity contribution in [2.75, 3.05) is 24.4 Å². The molecule has 0 spiro atoms. The number of hydrogen-bond donors (Lipinski definition) is 2. The van der Waals surface area contributed by atoms with E-state index in [1.54, 1.807) is 25.1 Å². The number of carbonyl (C=O) groups excluding carboxylic acids is 1. The van der Waals surface area contributed by atoms with Crippen molar-refractivity contribution in [1.82, 2.24) is 10.2 Å². The topological polar surface area (TPSA) is 78.5 Å². The Bertz CT molecular complexity index is 1040. The van der Waals surface area contributed by atoms with E-state index in [1.807, 2.05) is 0 Å². The molecule has 1 heterocycles. The van der Waals surface area contributed by atoms with E-state index >= 15 is 0 Å². The summed E-state index contributed by atoms with van der Waals surface area (Å²) in [7, 11) is -3.97. The fourth-order valence-electron chi connectivity index (χ4n) is 3.75. The van der Waals surface area contributed by atoms with Gasteiger partial charge in [-0.05, 0) is 82.0 Å². The molecule has 6 nitrogen and oxygen atoms in total. The Morgan fingerprint density at radius 3 is 2.71 bits per heavy atom. The molecule has 1 unspecified atom stereocenters. The SMILES string of the molecule is Cc1ccc(S(=O)(=O)Nc2cccc(C(=O)NCC3CCCN(C(C)C)C3)c2)cc1F. The van der Waals surface area contributed by atoms with Crippen molar-refractivity contribution in [2.45, 2.75) is 44.6 Å². The summed E-state index contributed by atoms with van der Waals surface area (Å²) in [6.07, 6.45) is 2.20. The van der Waals surface area contributed by atoms with Gasteiger partial charge in [0, 0.05) is 30.4 Å². The van der Waals surface area contributed by atoms with Crippen LogP contribution in [0.3, 0.4) is 0 Å². The first-order chi connectivity index (χ1) is 14.7. The van der Waals surface area contributed by atoms with Crippen LogP contribution in [0.5, 0.6) is 0 Å². The number of sulfonamides is 1. The highest BCUT2D eigenvalue weighted by atomic mass is 32.2. The lowest BCUT2D eigenvalue weighted by atomic mass is 9.97. The van der Waals surface area contributed by atoms with E-state index in [9.17, 15) is 17.6 Å². The van der Waals surface area contributed by atoms with Crippen LogP contribution >= 0.6 is 0 Å². The number of aryl methyl sites for hydroxylation is 1. The van der Waals surface area contributed by atoms with Crippen LogP contribution in [0, 0.1) is 18.7 Å². The average molecular weight is 448 g/mol. The van der Waals surface area contributed by atoms with Crippen LogP contribution in [0.15, 0.2) is 47.4 Å². The van der Waals surface area contributed by atoms with Crippen molar-refractivity contribution in [3.05, 3.63) is 59.4 Å². The predicted molar refractivity (Wildman–Crippen MR) is 120 cm³/mol. The minimum Gasteiger partial charge on any atom is -0.352 e. The number of carbonyl (C=O) groups is 1. The molecule has 2 N–H and O–H groups in total. The van der Waals surface area contributed by atoms with Gasteiger partial charge in [0.25, 0.3) is 15.9 Å². The smallest absolute Gasteiger partial charge is 0.261 e. The number of nitrogens with one attached hydrogen (secondary N) is 2. The molecule has 1 amide bonds. The molecule has 1 saturated heterocycles. The molecule has 0 aromatic heterocycles. The molecule has 0 aliphatic carbocycles. The number of amides is 1. The Labute approximate surface area is 183 Å². The van der Waals surface area contributed by atoms with Gasteiger partial charge in [-0.1, -0.05) is 12.1 Å². The molecular formula is C23H30FN3O3S. The molecule has 31 heavy (non-hydrogen) atoms. The molecule has 0 saturated carbocycles. The molecule has 8 heteroatoms. The van der Waals surface area contributed by atoms with Crippen LogP contribution in [0.25, 0.3) is 0 Å². The fourth-order valence-corrected chi connectivity index (χ4v) is 4.81. The number of benzene rings is 2. The summed E-state index contributed by atoms with van der Waals surface area (Å²) in [6, 6.07) is 10.5. The molecule has 1 atom stereocenters. The van der Waals surface area contributed by atoms with Crippen molar-refractivity contribution in [2.24, 2.45) is 5.92 Å². The Hall–Kier alpha value is -2.45. The monoisotopic (exact) mass is 447 g/mol. The van der Waals surface area contributed by atoms with Gasteiger partial charge < -0.3 is 10.2 Å².